The molecule has 0 saturated carbocycles. The third kappa shape index (κ3) is 2.60. The highest BCUT2D eigenvalue weighted by Crippen LogP contribution is 2.35. The molecule has 2 unspecified atom stereocenters. The maximum atomic E-state index is 10.6. The van der Waals surface area contributed by atoms with Gasteiger partial charge in [0.2, 0.25) is 0 Å². The summed E-state index contributed by atoms with van der Waals surface area (Å²) in [5, 5.41) is 15.0. The number of aryl methyl sites for hydroxylation is 3. The Morgan fingerprint density at radius 3 is 2.95 bits per heavy atom. The first kappa shape index (κ1) is 14.3. The van der Waals surface area contributed by atoms with Gasteiger partial charge in [0.05, 0.1) is 11.8 Å². The van der Waals surface area contributed by atoms with Crippen LogP contribution in [0.1, 0.15) is 47.0 Å². The van der Waals surface area contributed by atoms with Crippen LogP contribution in [0.25, 0.3) is 0 Å². The van der Waals surface area contributed by atoms with Crippen molar-refractivity contribution in [1.82, 2.24) is 14.8 Å². The predicted octanol–water partition coefficient (Wildman–Crippen LogP) is 2.46. The normalized spacial score (nSPS) is 18.8. The number of rotatable bonds is 4. The van der Waals surface area contributed by atoms with Crippen LogP contribution in [0.15, 0.2) is 18.3 Å². The van der Waals surface area contributed by atoms with Crippen molar-refractivity contribution in [1.29, 1.82) is 0 Å². The number of aliphatic hydroxyl groups is 1. The van der Waals surface area contributed by atoms with E-state index in [4.69, 9.17) is 0 Å². The molecule has 21 heavy (non-hydrogen) atoms. The fourth-order valence-electron chi connectivity index (χ4n) is 3.49. The molecule has 1 N–H and O–H groups in total. The molecule has 0 spiro atoms. The summed E-state index contributed by atoms with van der Waals surface area (Å²) < 4.78 is 1.92. The van der Waals surface area contributed by atoms with Gasteiger partial charge >= 0.3 is 0 Å². The van der Waals surface area contributed by atoms with E-state index in [9.17, 15) is 5.11 Å². The van der Waals surface area contributed by atoms with Crippen molar-refractivity contribution in [3.05, 3.63) is 46.5 Å². The van der Waals surface area contributed by atoms with Crippen molar-refractivity contribution in [2.75, 3.05) is 0 Å². The molecule has 0 radical (unpaired) electrons. The van der Waals surface area contributed by atoms with Crippen molar-refractivity contribution in [2.45, 2.75) is 51.6 Å². The van der Waals surface area contributed by atoms with Crippen LogP contribution in [0.2, 0.25) is 0 Å². The highest BCUT2D eigenvalue weighted by molar-refractivity contribution is 5.30. The van der Waals surface area contributed by atoms with Crippen LogP contribution in [0.3, 0.4) is 0 Å². The number of nitrogens with zero attached hydrogens (tertiary/aromatic N) is 3. The van der Waals surface area contributed by atoms with Crippen LogP contribution in [0.4, 0.5) is 0 Å². The first-order valence-electron chi connectivity index (χ1n) is 7.69. The Morgan fingerprint density at radius 2 is 2.24 bits per heavy atom. The van der Waals surface area contributed by atoms with E-state index >= 15 is 0 Å². The molecule has 112 valence electrons. The standard InChI is InChI=1S/C17H23N3O/c1-11-14(12(2)20(3)19-11)8-9-16(21)15-7-6-13-5-4-10-18-17(13)15/h4-5,10,15-16,21H,6-9H2,1-3H3. The van der Waals surface area contributed by atoms with Crippen molar-refractivity contribution >= 4 is 0 Å². The lowest BCUT2D eigenvalue weighted by molar-refractivity contribution is 0.132. The average molecular weight is 285 g/mol. The van der Waals surface area contributed by atoms with Gasteiger partial charge in [-0.1, -0.05) is 6.07 Å². The molecule has 0 amide bonds. The Morgan fingerprint density at radius 1 is 1.43 bits per heavy atom. The van der Waals surface area contributed by atoms with Crippen LogP contribution >= 0.6 is 0 Å². The number of pyridine rings is 1. The van der Waals surface area contributed by atoms with Gasteiger partial charge in [-0.15, -0.1) is 0 Å². The molecule has 0 aliphatic heterocycles. The maximum absolute atomic E-state index is 10.6. The first-order chi connectivity index (χ1) is 10.1. The molecule has 2 aromatic rings. The highest BCUT2D eigenvalue weighted by Gasteiger charge is 2.29. The van der Waals surface area contributed by atoms with Crippen LogP contribution in [-0.4, -0.2) is 26.0 Å². The Labute approximate surface area is 125 Å². The number of aromatic nitrogens is 3. The third-order valence-electron chi connectivity index (χ3n) is 4.82. The van der Waals surface area contributed by atoms with Crippen molar-refractivity contribution in [3.63, 3.8) is 0 Å². The zero-order valence-electron chi connectivity index (χ0n) is 13.0. The summed E-state index contributed by atoms with van der Waals surface area (Å²) in [4.78, 5) is 4.48. The lowest BCUT2D eigenvalue weighted by Gasteiger charge is -2.18. The monoisotopic (exact) mass is 285 g/mol. The summed E-state index contributed by atoms with van der Waals surface area (Å²) in [6, 6.07) is 4.11. The minimum atomic E-state index is -0.319. The first-order valence-corrected chi connectivity index (χ1v) is 7.69. The topological polar surface area (TPSA) is 50.9 Å². The molecule has 0 bridgehead atoms. The molecule has 0 fully saturated rings. The second-order valence-electron chi connectivity index (χ2n) is 6.07. The number of hydrogen-bond donors (Lipinski definition) is 1. The van der Waals surface area contributed by atoms with E-state index in [1.165, 1.54) is 16.8 Å². The van der Waals surface area contributed by atoms with E-state index in [1.807, 2.05) is 30.9 Å². The Bertz CT molecular complexity index is 647. The predicted molar refractivity (Wildman–Crippen MR) is 82.3 cm³/mol. The Kier molecular flexibility index (Phi) is 3.81. The molecule has 1 aliphatic carbocycles. The van der Waals surface area contributed by atoms with E-state index in [0.29, 0.717) is 0 Å². The Hall–Kier alpha value is -1.68. The van der Waals surface area contributed by atoms with Gasteiger partial charge in [-0.25, -0.2) is 0 Å². The molecule has 2 atom stereocenters. The zero-order valence-corrected chi connectivity index (χ0v) is 13.0. The fourth-order valence-corrected chi connectivity index (χ4v) is 3.49. The Balaban J connectivity index is 1.69. The van der Waals surface area contributed by atoms with Gasteiger partial charge in [-0.3, -0.25) is 9.67 Å². The fraction of sp³-hybridized carbons (Fsp3) is 0.529. The quantitative estimate of drug-likeness (QED) is 0.939. The molecule has 3 rings (SSSR count). The molecule has 2 aromatic heterocycles. The third-order valence-corrected chi connectivity index (χ3v) is 4.82. The van der Waals surface area contributed by atoms with E-state index in [0.717, 1.165) is 37.1 Å². The van der Waals surface area contributed by atoms with Gasteiger partial charge in [0.25, 0.3) is 0 Å². The van der Waals surface area contributed by atoms with E-state index in [2.05, 4.69) is 23.1 Å². The molecule has 0 aromatic carbocycles. The van der Waals surface area contributed by atoms with Crippen LogP contribution in [0.5, 0.6) is 0 Å². The van der Waals surface area contributed by atoms with Gasteiger partial charge in [0.15, 0.2) is 0 Å². The van der Waals surface area contributed by atoms with Gasteiger partial charge in [0, 0.05) is 30.6 Å². The molecule has 4 nitrogen and oxygen atoms in total. The lowest BCUT2D eigenvalue weighted by atomic mass is 9.93. The van der Waals surface area contributed by atoms with E-state index < -0.39 is 0 Å². The molecule has 0 saturated heterocycles. The van der Waals surface area contributed by atoms with Crippen molar-refractivity contribution in [2.24, 2.45) is 7.05 Å². The summed E-state index contributed by atoms with van der Waals surface area (Å²) >= 11 is 0. The van der Waals surface area contributed by atoms with Gasteiger partial charge < -0.3 is 5.11 Å². The molecule has 4 heteroatoms. The van der Waals surface area contributed by atoms with E-state index in [-0.39, 0.29) is 12.0 Å². The van der Waals surface area contributed by atoms with E-state index in [1.54, 1.807) is 0 Å². The largest absolute Gasteiger partial charge is 0.392 e. The van der Waals surface area contributed by atoms with Gasteiger partial charge in [0.1, 0.15) is 0 Å². The minimum Gasteiger partial charge on any atom is -0.392 e. The average Bonchev–Trinajstić information content (AvgIpc) is 3.00. The van der Waals surface area contributed by atoms with Crippen molar-refractivity contribution in [3.8, 4) is 0 Å². The number of fused-ring (bicyclic) bond motifs is 1. The minimum absolute atomic E-state index is 0.193. The summed E-state index contributed by atoms with van der Waals surface area (Å²) in [6.07, 6.45) is 5.22. The lowest BCUT2D eigenvalue weighted by Crippen LogP contribution is -2.18. The number of hydrogen-bond acceptors (Lipinski definition) is 3. The van der Waals surface area contributed by atoms with Crippen LogP contribution in [-0.2, 0) is 19.9 Å². The van der Waals surface area contributed by atoms with Gasteiger partial charge in [-0.05, 0) is 56.7 Å². The van der Waals surface area contributed by atoms with Crippen LogP contribution in [0, 0.1) is 13.8 Å². The molecule has 2 heterocycles. The van der Waals surface area contributed by atoms with Crippen molar-refractivity contribution < 1.29 is 5.11 Å². The second-order valence-corrected chi connectivity index (χ2v) is 6.07. The number of aliphatic hydroxyl groups excluding tert-OH is 1. The van der Waals surface area contributed by atoms with Crippen LogP contribution < -0.4 is 0 Å². The molecule has 1 aliphatic rings. The highest BCUT2D eigenvalue weighted by atomic mass is 16.3. The maximum Gasteiger partial charge on any atom is 0.0628 e. The summed E-state index contributed by atoms with van der Waals surface area (Å²) in [5.74, 6) is 0.193. The smallest absolute Gasteiger partial charge is 0.0628 e. The molecular formula is C17H23N3O. The van der Waals surface area contributed by atoms with Gasteiger partial charge in [-0.2, -0.15) is 5.10 Å². The zero-order chi connectivity index (χ0) is 15.0. The summed E-state index contributed by atoms with van der Waals surface area (Å²) in [7, 11) is 1.97. The SMILES string of the molecule is Cc1nn(C)c(C)c1CCC(O)C1CCc2cccnc21. The second kappa shape index (κ2) is 5.60. The summed E-state index contributed by atoms with van der Waals surface area (Å²) in [6.45, 7) is 4.13. The summed E-state index contributed by atoms with van der Waals surface area (Å²) in [5.41, 5.74) is 5.95. The molecular weight excluding hydrogens is 262 g/mol.